The van der Waals surface area contributed by atoms with E-state index in [1.807, 2.05) is 0 Å². The summed E-state index contributed by atoms with van der Waals surface area (Å²) in [6.07, 6.45) is 0. The first-order valence-corrected chi connectivity index (χ1v) is 7.34. The van der Waals surface area contributed by atoms with Crippen molar-refractivity contribution in [3.05, 3.63) is 70.3 Å². The number of hydrogen-bond donors (Lipinski definition) is 1. The zero-order valence-corrected chi connectivity index (χ0v) is 13.2. The Morgan fingerprint density at radius 2 is 1.45 bits per heavy atom. The molecule has 0 aliphatic rings. The molecule has 2 aromatic carbocycles. The van der Waals surface area contributed by atoms with E-state index in [0.717, 1.165) is 0 Å². The van der Waals surface area contributed by atoms with E-state index in [-0.39, 0.29) is 0 Å². The van der Waals surface area contributed by atoms with Gasteiger partial charge in [0.05, 0.1) is 0 Å². The molecule has 0 aliphatic heterocycles. The van der Waals surface area contributed by atoms with Crippen LogP contribution in [0.3, 0.4) is 0 Å². The normalized spacial score (nSPS) is 14.1. The highest BCUT2D eigenvalue weighted by atomic mass is 14.9. The standard InChI is InChI=1S/C19H25N/c1-13-11-15(3)18(12-14(13)2)19(20-5)16(4)17-9-7-6-8-10-17/h6-12,16,19-20H,1-5H3. The fourth-order valence-electron chi connectivity index (χ4n) is 2.94. The predicted molar refractivity (Wildman–Crippen MR) is 87.3 cm³/mol. The summed E-state index contributed by atoms with van der Waals surface area (Å²) >= 11 is 0. The van der Waals surface area contributed by atoms with Gasteiger partial charge < -0.3 is 5.32 Å². The number of likely N-dealkylation sites (N-methyl/N-ethyl adjacent to an activating group) is 1. The molecule has 2 rings (SSSR count). The van der Waals surface area contributed by atoms with Gasteiger partial charge in [-0.2, -0.15) is 0 Å². The minimum absolute atomic E-state index is 0.344. The quantitative estimate of drug-likeness (QED) is 0.848. The summed E-state index contributed by atoms with van der Waals surface area (Å²) in [5.74, 6) is 0.446. The lowest BCUT2D eigenvalue weighted by Crippen LogP contribution is -2.23. The van der Waals surface area contributed by atoms with Crippen molar-refractivity contribution >= 4 is 0 Å². The van der Waals surface area contributed by atoms with Crippen LogP contribution in [0, 0.1) is 20.8 Å². The van der Waals surface area contributed by atoms with Gasteiger partial charge in [-0.15, -0.1) is 0 Å². The fraction of sp³-hybridized carbons (Fsp3) is 0.368. The Morgan fingerprint density at radius 3 is 2.05 bits per heavy atom. The van der Waals surface area contributed by atoms with Crippen molar-refractivity contribution in [3.8, 4) is 0 Å². The maximum Gasteiger partial charge on any atom is 0.0387 e. The lowest BCUT2D eigenvalue weighted by atomic mass is 9.85. The van der Waals surface area contributed by atoms with Crippen molar-refractivity contribution in [2.45, 2.75) is 39.7 Å². The third kappa shape index (κ3) is 2.94. The molecule has 0 saturated carbocycles. The van der Waals surface area contributed by atoms with Crippen LogP contribution >= 0.6 is 0 Å². The molecule has 20 heavy (non-hydrogen) atoms. The lowest BCUT2D eigenvalue weighted by Gasteiger charge is -2.27. The second-order valence-corrected chi connectivity index (χ2v) is 5.76. The smallest absolute Gasteiger partial charge is 0.0387 e. The molecule has 0 heterocycles. The molecule has 106 valence electrons. The first-order chi connectivity index (χ1) is 9.54. The van der Waals surface area contributed by atoms with Crippen molar-refractivity contribution in [2.75, 3.05) is 7.05 Å². The summed E-state index contributed by atoms with van der Waals surface area (Å²) in [6, 6.07) is 15.7. The molecule has 2 aromatic rings. The van der Waals surface area contributed by atoms with Gasteiger partial charge >= 0.3 is 0 Å². The molecule has 1 N–H and O–H groups in total. The number of aryl methyl sites for hydroxylation is 3. The Kier molecular flexibility index (Phi) is 4.61. The highest BCUT2D eigenvalue weighted by Crippen LogP contribution is 2.33. The molecule has 1 heteroatoms. The van der Waals surface area contributed by atoms with Crippen molar-refractivity contribution in [1.82, 2.24) is 5.32 Å². The predicted octanol–water partition coefficient (Wildman–Crippen LogP) is 4.68. The molecular formula is C19H25N. The zero-order valence-electron chi connectivity index (χ0n) is 13.2. The van der Waals surface area contributed by atoms with Crippen molar-refractivity contribution in [2.24, 2.45) is 0 Å². The zero-order chi connectivity index (χ0) is 14.7. The Bertz CT molecular complexity index is 572. The summed E-state index contributed by atoms with van der Waals surface area (Å²) in [6.45, 7) is 8.88. The van der Waals surface area contributed by atoms with Gasteiger partial charge in [-0.05, 0) is 55.6 Å². The van der Waals surface area contributed by atoms with Crippen LogP contribution in [0.2, 0.25) is 0 Å². The third-order valence-corrected chi connectivity index (χ3v) is 4.35. The Labute approximate surface area is 123 Å². The molecule has 0 amide bonds. The average molecular weight is 267 g/mol. The van der Waals surface area contributed by atoms with E-state index in [4.69, 9.17) is 0 Å². The lowest BCUT2D eigenvalue weighted by molar-refractivity contribution is 0.505. The third-order valence-electron chi connectivity index (χ3n) is 4.35. The number of nitrogens with one attached hydrogen (secondary N) is 1. The summed E-state index contributed by atoms with van der Waals surface area (Å²) in [5, 5.41) is 3.50. The molecule has 1 nitrogen and oxygen atoms in total. The van der Waals surface area contributed by atoms with Gasteiger partial charge in [0.1, 0.15) is 0 Å². The topological polar surface area (TPSA) is 12.0 Å². The summed E-state index contributed by atoms with van der Waals surface area (Å²) < 4.78 is 0. The monoisotopic (exact) mass is 267 g/mol. The molecule has 2 unspecified atom stereocenters. The van der Waals surface area contributed by atoms with E-state index in [9.17, 15) is 0 Å². The summed E-state index contributed by atoms with van der Waals surface area (Å²) in [7, 11) is 2.05. The van der Waals surface area contributed by atoms with Gasteiger partial charge in [0.25, 0.3) is 0 Å². The fourth-order valence-corrected chi connectivity index (χ4v) is 2.94. The van der Waals surface area contributed by atoms with Gasteiger partial charge in [0.2, 0.25) is 0 Å². The van der Waals surface area contributed by atoms with Crippen LogP contribution in [0.25, 0.3) is 0 Å². The maximum atomic E-state index is 3.50. The molecule has 0 spiro atoms. The molecule has 0 aliphatic carbocycles. The van der Waals surface area contributed by atoms with Gasteiger partial charge in [-0.3, -0.25) is 0 Å². The van der Waals surface area contributed by atoms with Gasteiger partial charge in [0.15, 0.2) is 0 Å². The average Bonchev–Trinajstić information content (AvgIpc) is 2.46. The van der Waals surface area contributed by atoms with Crippen LogP contribution in [0.5, 0.6) is 0 Å². The highest BCUT2D eigenvalue weighted by molar-refractivity contribution is 5.40. The van der Waals surface area contributed by atoms with Gasteiger partial charge in [-0.25, -0.2) is 0 Å². The number of rotatable bonds is 4. The van der Waals surface area contributed by atoms with Crippen LogP contribution in [-0.2, 0) is 0 Å². The van der Waals surface area contributed by atoms with Crippen LogP contribution in [0.15, 0.2) is 42.5 Å². The van der Waals surface area contributed by atoms with E-state index in [0.29, 0.717) is 12.0 Å². The van der Waals surface area contributed by atoms with E-state index in [2.05, 4.69) is 82.5 Å². The van der Waals surface area contributed by atoms with Gasteiger partial charge in [-0.1, -0.05) is 49.4 Å². The van der Waals surface area contributed by atoms with Crippen molar-refractivity contribution in [3.63, 3.8) is 0 Å². The molecule has 0 fully saturated rings. The van der Waals surface area contributed by atoms with Crippen LogP contribution < -0.4 is 5.32 Å². The maximum absolute atomic E-state index is 3.50. The van der Waals surface area contributed by atoms with Crippen LogP contribution in [0.4, 0.5) is 0 Å². The van der Waals surface area contributed by atoms with Crippen molar-refractivity contribution in [1.29, 1.82) is 0 Å². The molecule has 0 radical (unpaired) electrons. The molecule has 0 bridgehead atoms. The first-order valence-electron chi connectivity index (χ1n) is 7.34. The number of benzene rings is 2. The van der Waals surface area contributed by atoms with Gasteiger partial charge in [0, 0.05) is 12.0 Å². The minimum Gasteiger partial charge on any atom is -0.312 e. The molecule has 0 saturated heterocycles. The first kappa shape index (κ1) is 14.8. The Morgan fingerprint density at radius 1 is 0.850 bits per heavy atom. The Hall–Kier alpha value is -1.60. The molecular weight excluding hydrogens is 242 g/mol. The van der Waals surface area contributed by atoms with Crippen LogP contribution in [0.1, 0.15) is 46.7 Å². The largest absolute Gasteiger partial charge is 0.312 e. The van der Waals surface area contributed by atoms with E-state index in [1.54, 1.807) is 0 Å². The minimum atomic E-state index is 0.344. The second kappa shape index (κ2) is 6.23. The summed E-state index contributed by atoms with van der Waals surface area (Å²) in [4.78, 5) is 0. The van der Waals surface area contributed by atoms with Crippen LogP contribution in [-0.4, -0.2) is 7.05 Å². The number of hydrogen-bond acceptors (Lipinski definition) is 1. The summed E-state index contributed by atoms with van der Waals surface area (Å²) in [5.41, 5.74) is 6.89. The molecule has 2 atom stereocenters. The molecule has 0 aromatic heterocycles. The Balaban J connectivity index is 2.40. The van der Waals surface area contributed by atoms with E-state index >= 15 is 0 Å². The highest BCUT2D eigenvalue weighted by Gasteiger charge is 2.21. The SMILES string of the molecule is CNC(c1cc(C)c(C)cc1C)C(C)c1ccccc1. The van der Waals surface area contributed by atoms with Crippen molar-refractivity contribution < 1.29 is 0 Å². The van der Waals surface area contributed by atoms with E-state index < -0.39 is 0 Å². The second-order valence-electron chi connectivity index (χ2n) is 5.76. The van der Waals surface area contributed by atoms with E-state index in [1.165, 1.54) is 27.8 Å².